The molecule has 0 aliphatic carbocycles. The van der Waals surface area contributed by atoms with E-state index in [0.29, 0.717) is 16.1 Å². The Labute approximate surface area is 157 Å². The van der Waals surface area contributed by atoms with Crippen molar-refractivity contribution in [3.63, 3.8) is 0 Å². The molecule has 11 heteroatoms. The highest BCUT2D eigenvalue weighted by atomic mass is 35.5. The first-order chi connectivity index (χ1) is 12.7. The van der Waals surface area contributed by atoms with Crippen LogP contribution in [0.2, 0.25) is 5.02 Å². The monoisotopic (exact) mass is 410 g/mol. The van der Waals surface area contributed by atoms with Crippen LogP contribution in [0.3, 0.4) is 0 Å². The van der Waals surface area contributed by atoms with Crippen molar-refractivity contribution >= 4 is 23.6 Å². The lowest BCUT2D eigenvalue weighted by Crippen LogP contribution is -2.44. The zero-order chi connectivity index (χ0) is 20.0. The Morgan fingerprint density at radius 2 is 2.07 bits per heavy atom. The SMILES string of the molecule is Cc1cc(Cl)cc2c1OC(C(F)(F)F)C(C(=O)NCCOCCONO)=C2. The number of hydrogen-bond donors (Lipinski definition) is 3. The minimum absolute atomic E-state index is 0.0191. The van der Waals surface area contributed by atoms with E-state index in [0.717, 1.165) is 6.08 Å². The smallest absolute Gasteiger partial charge is 0.429 e. The fourth-order valence-corrected chi connectivity index (χ4v) is 2.74. The second-order valence-corrected chi connectivity index (χ2v) is 6.02. The summed E-state index contributed by atoms with van der Waals surface area (Å²) in [6, 6.07) is 2.92. The van der Waals surface area contributed by atoms with Gasteiger partial charge in [0.05, 0.1) is 25.4 Å². The molecular weight excluding hydrogens is 393 g/mol. The van der Waals surface area contributed by atoms with E-state index in [4.69, 9.17) is 26.3 Å². The summed E-state index contributed by atoms with van der Waals surface area (Å²) in [5, 5.41) is 10.9. The van der Waals surface area contributed by atoms with Crippen molar-refractivity contribution in [2.45, 2.75) is 19.2 Å². The van der Waals surface area contributed by atoms with E-state index in [2.05, 4.69) is 10.2 Å². The molecule has 3 N–H and O–H groups in total. The van der Waals surface area contributed by atoms with Gasteiger partial charge in [0.25, 0.3) is 5.91 Å². The number of fused-ring (bicyclic) bond motifs is 1. The molecule has 1 atom stereocenters. The van der Waals surface area contributed by atoms with Gasteiger partial charge in [0.1, 0.15) is 5.75 Å². The summed E-state index contributed by atoms with van der Waals surface area (Å²) in [4.78, 5) is 16.6. The molecule has 7 nitrogen and oxygen atoms in total. The average molecular weight is 411 g/mol. The number of halogens is 4. The maximum absolute atomic E-state index is 13.4. The van der Waals surface area contributed by atoms with Gasteiger partial charge in [0, 0.05) is 17.1 Å². The summed E-state index contributed by atoms with van der Waals surface area (Å²) in [6.07, 6.45) is -6.01. The van der Waals surface area contributed by atoms with Crippen LogP contribution in [0, 0.1) is 6.92 Å². The molecule has 1 heterocycles. The van der Waals surface area contributed by atoms with Crippen molar-refractivity contribution in [3.05, 3.63) is 33.9 Å². The van der Waals surface area contributed by atoms with E-state index in [-0.39, 0.29) is 32.1 Å². The Balaban J connectivity index is 2.08. The minimum Gasteiger partial charge on any atom is -0.475 e. The molecule has 0 aromatic heterocycles. The number of carbonyl (C=O) groups excluding carboxylic acids is 1. The number of hydrogen-bond acceptors (Lipinski definition) is 6. The highest BCUT2D eigenvalue weighted by Crippen LogP contribution is 2.40. The van der Waals surface area contributed by atoms with Crippen LogP contribution >= 0.6 is 11.6 Å². The zero-order valence-electron chi connectivity index (χ0n) is 14.2. The standard InChI is InChI=1S/C16H18ClF3N2O5/c1-9-6-11(17)7-10-8-12(14(16(18,19)20)27-13(9)10)15(23)21-2-3-25-4-5-26-22-24/h6-8,14,22,24H,2-5H2,1H3,(H,21,23). The lowest BCUT2D eigenvalue weighted by molar-refractivity contribution is -0.185. The van der Waals surface area contributed by atoms with Gasteiger partial charge in [-0.25, -0.2) is 0 Å². The van der Waals surface area contributed by atoms with Crippen LogP contribution in [-0.2, 0) is 14.4 Å². The molecule has 0 spiro atoms. The number of aryl methyl sites for hydroxylation is 1. The van der Waals surface area contributed by atoms with E-state index >= 15 is 0 Å². The van der Waals surface area contributed by atoms with E-state index < -0.39 is 23.8 Å². The predicted molar refractivity (Wildman–Crippen MR) is 89.3 cm³/mol. The molecule has 1 aromatic rings. The third kappa shape index (κ3) is 5.81. The summed E-state index contributed by atoms with van der Waals surface area (Å²) in [5.41, 5.74) is 1.64. The second-order valence-electron chi connectivity index (χ2n) is 5.59. The van der Waals surface area contributed by atoms with Gasteiger partial charge in [0.15, 0.2) is 0 Å². The molecule has 150 valence electrons. The lowest BCUT2D eigenvalue weighted by atomic mass is 9.98. The number of alkyl halides is 3. The second kappa shape index (κ2) is 9.38. The molecule has 27 heavy (non-hydrogen) atoms. The number of amides is 1. The quantitative estimate of drug-likeness (QED) is 0.450. The van der Waals surface area contributed by atoms with Gasteiger partial charge in [-0.3, -0.25) is 14.8 Å². The Kier molecular flexibility index (Phi) is 7.45. The maximum Gasteiger partial charge on any atom is 0.429 e. The molecule has 0 saturated carbocycles. The van der Waals surface area contributed by atoms with Crippen LogP contribution in [0.4, 0.5) is 13.2 Å². The topological polar surface area (TPSA) is 89.1 Å². The molecule has 0 saturated heterocycles. The molecular formula is C16H18ClF3N2O5. The number of nitrogens with one attached hydrogen (secondary N) is 2. The highest BCUT2D eigenvalue weighted by molar-refractivity contribution is 6.30. The molecule has 2 rings (SSSR count). The Bertz CT molecular complexity index is 712. The van der Waals surface area contributed by atoms with Gasteiger partial charge in [-0.2, -0.15) is 13.2 Å². The average Bonchev–Trinajstić information content (AvgIpc) is 2.58. The van der Waals surface area contributed by atoms with Crippen LogP contribution in [0.15, 0.2) is 17.7 Å². The van der Waals surface area contributed by atoms with E-state index in [1.165, 1.54) is 17.8 Å². The minimum atomic E-state index is -4.77. The van der Waals surface area contributed by atoms with Crippen LogP contribution in [0.5, 0.6) is 5.75 Å². The van der Waals surface area contributed by atoms with E-state index in [1.807, 2.05) is 0 Å². The highest BCUT2D eigenvalue weighted by Gasteiger charge is 2.48. The van der Waals surface area contributed by atoms with Crippen molar-refractivity contribution in [2.24, 2.45) is 0 Å². The molecule has 1 amide bonds. The van der Waals surface area contributed by atoms with E-state index in [9.17, 15) is 18.0 Å². The van der Waals surface area contributed by atoms with Gasteiger partial charge in [-0.05, 0) is 30.7 Å². The van der Waals surface area contributed by atoms with Gasteiger partial charge < -0.3 is 14.8 Å². The van der Waals surface area contributed by atoms with Crippen LogP contribution in [-0.4, -0.2) is 49.8 Å². The van der Waals surface area contributed by atoms with Gasteiger partial charge in [-0.15, -0.1) is 0 Å². The van der Waals surface area contributed by atoms with Crippen molar-refractivity contribution < 1.29 is 37.5 Å². The summed E-state index contributed by atoms with van der Waals surface area (Å²) in [5.74, 6) is -0.878. The van der Waals surface area contributed by atoms with Gasteiger partial charge in [-0.1, -0.05) is 17.2 Å². The van der Waals surface area contributed by atoms with Gasteiger partial charge >= 0.3 is 6.18 Å². The summed E-state index contributed by atoms with van der Waals surface area (Å²) < 4.78 is 50.3. The fraction of sp³-hybridized carbons (Fsp3) is 0.438. The van der Waals surface area contributed by atoms with Crippen LogP contribution < -0.4 is 15.7 Å². The fourth-order valence-electron chi connectivity index (χ4n) is 2.46. The normalized spacial score (nSPS) is 16.4. The number of ether oxygens (including phenoxy) is 2. The first-order valence-electron chi connectivity index (χ1n) is 7.86. The maximum atomic E-state index is 13.4. The molecule has 0 fully saturated rings. The van der Waals surface area contributed by atoms with Crippen molar-refractivity contribution in [1.29, 1.82) is 0 Å². The van der Waals surface area contributed by atoms with Gasteiger partial charge in [0.2, 0.25) is 6.10 Å². The molecule has 1 unspecified atom stereocenters. The molecule has 1 aliphatic rings. The van der Waals surface area contributed by atoms with Crippen LogP contribution in [0.25, 0.3) is 6.08 Å². The van der Waals surface area contributed by atoms with E-state index in [1.54, 1.807) is 6.92 Å². The van der Waals surface area contributed by atoms with Crippen molar-refractivity contribution in [3.8, 4) is 5.75 Å². The van der Waals surface area contributed by atoms with Crippen molar-refractivity contribution in [2.75, 3.05) is 26.4 Å². The van der Waals surface area contributed by atoms with Crippen molar-refractivity contribution in [1.82, 2.24) is 11.0 Å². The first kappa shape index (κ1) is 21.5. The molecule has 0 bridgehead atoms. The predicted octanol–water partition coefficient (Wildman–Crippen LogP) is 2.40. The summed E-state index contributed by atoms with van der Waals surface area (Å²) in [6.45, 7) is 1.77. The first-order valence-corrected chi connectivity index (χ1v) is 8.23. The lowest BCUT2D eigenvalue weighted by Gasteiger charge is -2.29. The molecule has 1 aliphatic heterocycles. The molecule has 0 radical (unpaired) electrons. The number of carbonyl (C=O) groups is 1. The third-order valence-corrected chi connectivity index (χ3v) is 3.80. The number of benzene rings is 1. The van der Waals surface area contributed by atoms with Crippen LogP contribution in [0.1, 0.15) is 11.1 Å². The largest absolute Gasteiger partial charge is 0.475 e. The Morgan fingerprint density at radius 1 is 1.33 bits per heavy atom. The number of rotatable bonds is 8. The zero-order valence-corrected chi connectivity index (χ0v) is 15.0. The third-order valence-electron chi connectivity index (χ3n) is 3.58. The molecule has 1 aromatic carbocycles. The summed E-state index contributed by atoms with van der Waals surface area (Å²) in [7, 11) is 0. The summed E-state index contributed by atoms with van der Waals surface area (Å²) >= 11 is 5.94. The Morgan fingerprint density at radius 3 is 2.74 bits per heavy atom. The Hall–Kier alpha value is -1.85.